The smallest absolute Gasteiger partial charge is 0.261 e. The first-order chi connectivity index (χ1) is 12.2. The summed E-state index contributed by atoms with van der Waals surface area (Å²) in [7, 11) is 0. The highest BCUT2D eigenvalue weighted by atomic mass is 16.5. The van der Waals surface area contributed by atoms with E-state index in [1.807, 2.05) is 41.1 Å². The van der Waals surface area contributed by atoms with Crippen LogP contribution in [-0.4, -0.2) is 33.9 Å². The lowest BCUT2D eigenvalue weighted by atomic mass is 10.2. The molecule has 0 unspecified atom stereocenters. The van der Waals surface area contributed by atoms with Gasteiger partial charge in [-0.2, -0.15) is 4.98 Å². The van der Waals surface area contributed by atoms with Crippen LogP contribution in [0.5, 0.6) is 0 Å². The van der Waals surface area contributed by atoms with Gasteiger partial charge in [0.1, 0.15) is 5.65 Å². The first kappa shape index (κ1) is 15.9. The molecule has 7 nitrogen and oxygen atoms in total. The van der Waals surface area contributed by atoms with Gasteiger partial charge in [-0.1, -0.05) is 30.3 Å². The Bertz CT molecular complexity index is 919. The van der Waals surface area contributed by atoms with E-state index in [-0.39, 0.29) is 23.7 Å². The number of aromatic nitrogens is 3. The van der Waals surface area contributed by atoms with Crippen molar-refractivity contribution in [3.8, 4) is 0 Å². The maximum atomic E-state index is 11.9. The molecule has 0 bridgehead atoms. The molecular formula is C18H20N4O3. The van der Waals surface area contributed by atoms with Crippen molar-refractivity contribution in [1.29, 1.82) is 0 Å². The number of nitrogens with two attached hydrogens (primary N) is 1. The average Bonchev–Trinajstić information content (AvgIpc) is 3.22. The summed E-state index contributed by atoms with van der Waals surface area (Å²) in [6, 6.07) is 11.9. The Morgan fingerprint density at radius 1 is 1.32 bits per heavy atom. The van der Waals surface area contributed by atoms with Crippen LogP contribution in [-0.2, 0) is 16.1 Å². The lowest BCUT2D eigenvalue weighted by Crippen LogP contribution is -2.15. The predicted octanol–water partition coefficient (Wildman–Crippen LogP) is 1.85. The van der Waals surface area contributed by atoms with Gasteiger partial charge in [0.15, 0.2) is 0 Å². The quantitative estimate of drug-likeness (QED) is 0.739. The molecule has 4 rings (SSSR count). The van der Waals surface area contributed by atoms with Crippen molar-refractivity contribution < 1.29 is 9.47 Å². The van der Waals surface area contributed by atoms with E-state index in [0.29, 0.717) is 30.9 Å². The van der Waals surface area contributed by atoms with Crippen LogP contribution >= 0.6 is 0 Å². The summed E-state index contributed by atoms with van der Waals surface area (Å²) in [5.74, 6) is 0.124. The minimum absolute atomic E-state index is 0.0329. The number of nitrogen functional groups attached to an aromatic ring is 1. The van der Waals surface area contributed by atoms with E-state index in [9.17, 15) is 4.79 Å². The number of benzene rings is 1. The van der Waals surface area contributed by atoms with Crippen molar-refractivity contribution in [2.45, 2.75) is 25.2 Å². The van der Waals surface area contributed by atoms with Gasteiger partial charge in [0, 0.05) is 6.20 Å². The van der Waals surface area contributed by atoms with Crippen LogP contribution in [0.25, 0.3) is 11.0 Å². The van der Waals surface area contributed by atoms with Crippen LogP contribution in [0.2, 0.25) is 0 Å². The highest BCUT2D eigenvalue weighted by Crippen LogP contribution is 2.27. The van der Waals surface area contributed by atoms with E-state index in [2.05, 4.69) is 9.97 Å². The molecule has 0 spiro atoms. The Hall–Kier alpha value is -2.64. The molecule has 1 aromatic carbocycles. The fourth-order valence-corrected chi connectivity index (χ4v) is 3.23. The molecule has 0 amide bonds. The number of aromatic amines is 1. The number of nitrogens with one attached hydrogen (secondary N) is 1. The number of rotatable bonds is 5. The summed E-state index contributed by atoms with van der Waals surface area (Å²) >= 11 is 0. The number of hydrogen-bond acceptors (Lipinski definition) is 5. The molecule has 130 valence electrons. The van der Waals surface area contributed by atoms with Gasteiger partial charge in [0.05, 0.1) is 37.4 Å². The highest BCUT2D eigenvalue weighted by molar-refractivity contribution is 5.76. The summed E-state index contributed by atoms with van der Waals surface area (Å²) < 4.78 is 13.6. The number of hydrogen-bond donors (Lipinski definition) is 2. The van der Waals surface area contributed by atoms with Gasteiger partial charge in [-0.3, -0.25) is 9.78 Å². The summed E-state index contributed by atoms with van der Waals surface area (Å²) in [5.41, 5.74) is 7.19. The van der Waals surface area contributed by atoms with Crippen LogP contribution < -0.4 is 11.3 Å². The second kappa shape index (κ2) is 6.70. The number of anilines is 1. The van der Waals surface area contributed by atoms with Crippen LogP contribution in [0.4, 0.5) is 5.95 Å². The first-order valence-corrected chi connectivity index (χ1v) is 8.30. The third-order valence-electron chi connectivity index (χ3n) is 4.47. The number of H-pyrrole nitrogens is 1. The van der Waals surface area contributed by atoms with Gasteiger partial charge in [-0.05, 0) is 18.1 Å². The number of nitrogens with zero attached hydrogens (tertiary/aromatic N) is 2. The summed E-state index contributed by atoms with van der Waals surface area (Å²) in [4.78, 5) is 18.7. The molecule has 1 fully saturated rings. The summed E-state index contributed by atoms with van der Waals surface area (Å²) in [5, 5.41) is 0.540. The zero-order valence-corrected chi connectivity index (χ0v) is 13.7. The molecule has 25 heavy (non-hydrogen) atoms. The van der Waals surface area contributed by atoms with E-state index in [0.717, 1.165) is 12.0 Å². The van der Waals surface area contributed by atoms with Crippen LogP contribution in [0.1, 0.15) is 18.0 Å². The van der Waals surface area contributed by atoms with Crippen molar-refractivity contribution in [3.05, 3.63) is 58.5 Å². The molecule has 0 aliphatic carbocycles. The molecule has 3 N–H and O–H groups in total. The fraction of sp³-hybridized carbons (Fsp3) is 0.333. The predicted molar refractivity (Wildman–Crippen MR) is 94.3 cm³/mol. The van der Waals surface area contributed by atoms with Gasteiger partial charge in [-0.25, -0.2) is 0 Å². The van der Waals surface area contributed by atoms with Crippen LogP contribution in [0.3, 0.4) is 0 Å². The van der Waals surface area contributed by atoms with Crippen LogP contribution in [0, 0.1) is 0 Å². The zero-order chi connectivity index (χ0) is 17.2. The minimum Gasteiger partial charge on any atom is -0.374 e. The largest absolute Gasteiger partial charge is 0.374 e. The van der Waals surface area contributed by atoms with Gasteiger partial charge in [-0.15, -0.1) is 0 Å². The Morgan fingerprint density at radius 3 is 3.00 bits per heavy atom. The van der Waals surface area contributed by atoms with Crippen molar-refractivity contribution in [1.82, 2.24) is 14.5 Å². The van der Waals surface area contributed by atoms with Gasteiger partial charge >= 0.3 is 0 Å². The standard InChI is InChI=1S/C18H20N4O3/c19-18-20-16-15(17(23)21-18)6-7-22(16)13-8-14(25-10-13)11-24-9-12-4-2-1-3-5-12/h1-7,13-14H,8-11H2,(H3,19,20,21,23)/t13-,14-/m0/s1. The molecule has 1 aliphatic heterocycles. The molecule has 1 aliphatic rings. The van der Waals surface area contributed by atoms with Crippen molar-refractivity contribution in [2.24, 2.45) is 0 Å². The Morgan fingerprint density at radius 2 is 2.16 bits per heavy atom. The van der Waals surface area contributed by atoms with Crippen LogP contribution in [0.15, 0.2) is 47.4 Å². The summed E-state index contributed by atoms with van der Waals surface area (Å²) in [6.07, 6.45) is 2.71. The number of fused-ring (bicyclic) bond motifs is 1. The van der Waals surface area contributed by atoms with Gasteiger partial charge in [0.25, 0.3) is 5.56 Å². The molecule has 2 atom stereocenters. The molecule has 3 heterocycles. The maximum absolute atomic E-state index is 11.9. The molecular weight excluding hydrogens is 320 g/mol. The zero-order valence-electron chi connectivity index (χ0n) is 13.7. The van der Waals surface area contributed by atoms with E-state index in [1.165, 1.54) is 0 Å². The average molecular weight is 340 g/mol. The summed E-state index contributed by atoms with van der Waals surface area (Å²) in [6.45, 7) is 1.68. The van der Waals surface area contributed by atoms with Gasteiger partial charge in [0.2, 0.25) is 5.95 Å². The Labute approximate surface area is 144 Å². The highest BCUT2D eigenvalue weighted by Gasteiger charge is 2.28. The van der Waals surface area contributed by atoms with E-state index in [1.54, 1.807) is 6.07 Å². The fourth-order valence-electron chi connectivity index (χ4n) is 3.23. The Balaban J connectivity index is 1.40. The third kappa shape index (κ3) is 3.29. The molecule has 0 radical (unpaired) electrons. The maximum Gasteiger partial charge on any atom is 0.261 e. The molecule has 0 saturated carbocycles. The number of ether oxygens (including phenoxy) is 2. The normalized spacial score (nSPS) is 20.3. The topological polar surface area (TPSA) is 95.2 Å². The Kier molecular flexibility index (Phi) is 4.25. The van der Waals surface area contributed by atoms with Crippen molar-refractivity contribution in [2.75, 3.05) is 18.9 Å². The molecule has 1 saturated heterocycles. The van der Waals surface area contributed by atoms with Crippen molar-refractivity contribution in [3.63, 3.8) is 0 Å². The molecule has 2 aromatic heterocycles. The molecule has 7 heteroatoms. The van der Waals surface area contributed by atoms with E-state index in [4.69, 9.17) is 15.2 Å². The second-order valence-electron chi connectivity index (χ2n) is 6.26. The van der Waals surface area contributed by atoms with E-state index < -0.39 is 0 Å². The van der Waals surface area contributed by atoms with Gasteiger partial charge < -0.3 is 19.8 Å². The SMILES string of the molecule is Nc1nc2c(ccn2[C@@H]2CO[C@H](COCc3ccccc3)C2)c(=O)[nH]1. The third-order valence-corrected chi connectivity index (χ3v) is 4.47. The first-order valence-electron chi connectivity index (χ1n) is 8.30. The lowest BCUT2D eigenvalue weighted by Gasteiger charge is -2.12. The monoisotopic (exact) mass is 340 g/mol. The minimum atomic E-state index is -0.220. The lowest BCUT2D eigenvalue weighted by molar-refractivity contribution is 0.0101. The van der Waals surface area contributed by atoms with E-state index >= 15 is 0 Å². The van der Waals surface area contributed by atoms with Crippen molar-refractivity contribution >= 4 is 17.0 Å². The molecule has 3 aromatic rings. The second-order valence-corrected chi connectivity index (χ2v) is 6.26.